The number of nitrogens with one attached hydrogen (secondary N) is 1. The maximum absolute atomic E-state index is 13.5. The fourth-order valence-corrected chi connectivity index (χ4v) is 3.81. The number of aromatic nitrogens is 2. The Kier molecular flexibility index (Phi) is 5.99. The van der Waals surface area contributed by atoms with Crippen LogP contribution in [0.5, 0.6) is 0 Å². The highest BCUT2D eigenvalue weighted by molar-refractivity contribution is 6.08. The van der Waals surface area contributed by atoms with Gasteiger partial charge in [0, 0.05) is 23.6 Å². The highest BCUT2D eigenvalue weighted by Crippen LogP contribution is 2.26. The molecular weight excluding hydrogens is 398 g/mol. The summed E-state index contributed by atoms with van der Waals surface area (Å²) in [5.74, 6) is -0.419. The molecule has 0 aliphatic heterocycles. The van der Waals surface area contributed by atoms with Crippen LogP contribution in [0.4, 0.5) is 5.69 Å². The van der Waals surface area contributed by atoms with E-state index in [4.69, 9.17) is 0 Å². The summed E-state index contributed by atoms with van der Waals surface area (Å²) in [6.07, 6.45) is 1.74. The third-order valence-electron chi connectivity index (χ3n) is 5.69. The molecular formula is C27H25N3O2. The molecule has 2 aromatic heterocycles. The minimum absolute atomic E-state index is 0.124. The van der Waals surface area contributed by atoms with Gasteiger partial charge in [-0.05, 0) is 55.7 Å². The number of pyridine rings is 2. The van der Waals surface area contributed by atoms with Crippen LogP contribution >= 0.6 is 0 Å². The van der Waals surface area contributed by atoms with Crippen molar-refractivity contribution in [1.82, 2.24) is 9.55 Å². The molecule has 0 atom stereocenters. The summed E-state index contributed by atoms with van der Waals surface area (Å²) in [5, 5.41) is 2.96. The summed E-state index contributed by atoms with van der Waals surface area (Å²) >= 11 is 0. The smallest absolute Gasteiger partial charge is 0.261 e. The fraction of sp³-hybridized carbons (Fsp3) is 0.148. The molecule has 0 saturated carbocycles. The van der Waals surface area contributed by atoms with Crippen LogP contribution in [0.15, 0.2) is 83.8 Å². The van der Waals surface area contributed by atoms with E-state index >= 15 is 0 Å². The second-order valence-electron chi connectivity index (χ2n) is 7.85. The highest BCUT2D eigenvalue weighted by atomic mass is 16.2. The van der Waals surface area contributed by atoms with Crippen LogP contribution in [0.2, 0.25) is 0 Å². The number of nitrogens with zero attached hydrogens (tertiary/aromatic N) is 2. The average Bonchev–Trinajstić information content (AvgIpc) is 2.79. The number of carbonyl (C=O) groups is 1. The predicted molar refractivity (Wildman–Crippen MR) is 128 cm³/mol. The van der Waals surface area contributed by atoms with Crippen molar-refractivity contribution in [3.63, 3.8) is 0 Å². The number of rotatable bonds is 5. The first kappa shape index (κ1) is 21.2. The van der Waals surface area contributed by atoms with Crippen molar-refractivity contribution in [2.75, 3.05) is 5.32 Å². The molecule has 1 N–H and O–H groups in total. The van der Waals surface area contributed by atoms with Crippen LogP contribution in [0.3, 0.4) is 0 Å². The lowest BCUT2D eigenvalue weighted by molar-refractivity contribution is 0.102. The number of aryl methyl sites for hydroxylation is 2. The Morgan fingerprint density at radius 2 is 1.69 bits per heavy atom. The number of anilines is 1. The van der Waals surface area contributed by atoms with Crippen LogP contribution in [0.25, 0.3) is 11.3 Å². The third kappa shape index (κ3) is 4.23. The molecule has 0 bridgehead atoms. The Balaban J connectivity index is 1.89. The van der Waals surface area contributed by atoms with Gasteiger partial charge in [0.2, 0.25) is 0 Å². The van der Waals surface area contributed by atoms with Gasteiger partial charge in [-0.1, -0.05) is 48.5 Å². The molecule has 2 heterocycles. The zero-order chi connectivity index (χ0) is 22.7. The standard InChI is InChI=1S/C27H25N3O2/c1-18-10-9-14-23(20(18)3)29-27(32)25-24(31)16-19(2)30(17-22-13-7-8-15-28-22)26(25)21-11-5-4-6-12-21/h4-16H,17H2,1-3H3,(H,29,32). The monoisotopic (exact) mass is 423 g/mol. The predicted octanol–water partition coefficient (Wildman–Crippen LogP) is 5.14. The van der Waals surface area contributed by atoms with Crippen LogP contribution < -0.4 is 10.7 Å². The van der Waals surface area contributed by atoms with Crippen LogP contribution in [-0.4, -0.2) is 15.5 Å². The molecule has 5 nitrogen and oxygen atoms in total. The summed E-state index contributed by atoms with van der Waals surface area (Å²) in [7, 11) is 0. The zero-order valence-electron chi connectivity index (χ0n) is 18.4. The third-order valence-corrected chi connectivity index (χ3v) is 5.69. The molecule has 0 saturated heterocycles. The molecule has 2 aromatic carbocycles. The Labute approximate surface area is 187 Å². The minimum atomic E-state index is -0.419. The lowest BCUT2D eigenvalue weighted by atomic mass is 10.0. The number of hydrogen-bond acceptors (Lipinski definition) is 3. The van der Waals surface area contributed by atoms with E-state index in [-0.39, 0.29) is 11.0 Å². The molecule has 0 unspecified atom stereocenters. The number of amides is 1. The largest absolute Gasteiger partial charge is 0.338 e. The maximum Gasteiger partial charge on any atom is 0.261 e. The van der Waals surface area contributed by atoms with Crippen LogP contribution in [0.1, 0.15) is 32.9 Å². The minimum Gasteiger partial charge on any atom is -0.338 e. The second-order valence-corrected chi connectivity index (χ2v) is 7.85. The molecule has 4 aromatic rings. The van der Waals surface area contributed by atoms with E-state index in [0.29, 0.717) is 17.9 Å². The van der Waals surface area contributed by atoms with E-state index in [2.05, 4.69) is 10.3 Å². The van der Waals surface area contributed by atoms with Crippen molar-refractivity contribution in [3.8, 4) is 11.3 Å². The van der Waals surface area contributed by atoms with Gasteiger partial charge < -0.3 is 9.88 Å². The van der Waals surface area contributed by atoms with Crippen molar-refractivity contribution < 1.29 is 4.79 Å². The molecule has 4 rings (SSSR count). The first-order valence-electron chi connectivity index (χ1n) is 10.5. The highest BCUT2D eigenvalue weighted by Gasteiger charge is 2.22. The molecule has 1 amide bonds. The van der Waals surface area contributed by atoms with Crippen molar-refractivity contribution >= 4 is 11.6 Å². The molecule has 160 valence electrons. The zero-order valence-corrected chi connectivity index (χ0v) is 18.4. The molecule has 0 aliphatic carbocycles. The quantitative estimate of drug-likeness (QED) is 0.484. The van der Waals surface area contributed by atoms with E-state index in [1.807, 2.05) is 92.1 Å². The number of carbonyl (C=O) groups excluding carboxylic acids is 1. The van der Waals surface area contributed by atoms with Gasteiger partial charge in [-0.3, -0.25) is 14.6 Å². The molecule has 32 heavy (non-hydrogen) atoms. The first-order valence-corrected chi connectivity index (χ1v) is 10.5. The van der Waals surface area contributed by atoms with Gasteiger partial charge >= 0.3 is 0 Å². The van der Waals surface area contributed by atoms with Gasteiger partial charge in [-0.2, -0.15) is 0 Å². The van der Waals surface area contributed by atoms with Gasteiger partial charge in [-0.25, -0.2) is 0 Å². The van der Waals surface area contributed by atoms with Gasteiger partial charge in [-0.15, -0.1) is 0 Å². The summed E-state index contributed by atoms with van der Waals surface area (Å²) in [5.41, 5.74) is 5.57. The normalized spacial score (nSPS) is 10.7. The number of benzene rings is 2. The van der Waals surface area contributed by atoms with Crippen molar-refractivity contribution in [1.29, 1.82) is 0 Å². The average molecular weight is 424 g/mol. The van der Waals surface area contributed by atoms with Gasteiger partial charge in [0.15, 0.2) is 5.43 Å². The van der Waals surface area contributed by atoms with E-state index < -0.39 is 5.91 Å². The second kappa shape index (κ2) is 9.02. The summed E-state index contributed by atoms with van der Waals surface area (Å²) < 4.78 is 1.98. The van der Waals surface area contributed by atoms with Gasteiger partial charge in [0.05, 0.1) is 17.9 Å². The lowest BCUT2D eigenvalue weighted by Gasteiger charge is -2.20. The van der Waals surface area contributed by atoms with E-state index in [0.717, 1.165) is 28.1 Å². The van der Waals surface area contributed by atoms with E-state index in [1.165, 1.54) is 6.07 Å². The lowest BCUT2D eigenvalue weighted by Crippen LogP contribution is -2.27. The van der Waals surface area contributed by atoms with Crippen molar-refractivity contribution in [2.24, 2.45) is 0 Å². The Morgan fingerprint density at radius 1 is 0.938 bits per heavy atom. The van der Waals surface area contributed by atoms with Crippen LogP contribution in [0, 0.1) is 20.8 Å². The molecule has 0 radical (unpaired) electrons. The van der Waals surface area contributed by atoms with Gasteiger partial charge in [0.25, 0.3) is 5.91 Å². The van der Waals surface area contributed by atoms with Crippen molar-refractivity contribution in [2.45, 2.75) is 27.3 Å². The Morgan fingerprint density at radius 3 is 2.41 bits per heavy atom. The topological polar surface area (TPSA) is 64.0 Å². The molecule has 0 aliphatic rings. The maximum atomic E-state index is 13.5. The summed E-state index contributed by atoms with van der Waals surface area (Å²) in [6.45, 7) is 6.27. The molecule has 0 spiro atoms. The van der Waals surface area contributed by atoms with E-state index in [9.17, 15) is 9.59 Å². The summed E-state index contributed by atoms with van der Waals surface area (Å²) in [6, 6.07) is 22.5. The van der Waals surface area contributed by atoms with E-state index in [1.54, 1.807) is 6.20 Å². The van der Waals surface area contributed by atoms with Gasteiger partial charge in [0.1, 0.15) is 5.56 Å². The Bertz CT molecular complexity index is 1330. The van der Waals surface area contributed by atoms with Crippen LogP contribution in [-0.2, 0) is 6.54 Å². The SMILES string of the molecule is Cc1cccc(NC(=O)c2c(-c3ccccc3)n(Cc3ccccn3)c(C)cc2=O)c1C. The fourth-order valence-electron chi connectivity index (χ4n) is 3.81. The Hall–Kier alpha value is -3.99. The number of hydrogen-bond donors (Lipinski definition) is 1. The molecule has 0 fully saturated rings. The van der Waals surface area contributed by atoms with Crippen molar-refractivity contribution in [3.05, 3.63) is 117 Å². The molecule has 5 heteroatoms. The summed E-state index contributed by atoms with van der Waals surface area (Å²) in [4.78, 5) is 31.0. The first-order chi connectivity index (χ1) is 15.5.